The van der Waals surface area contributed by atoms with Crippen molar-refractivity contribution in [3.05, 3.63) is 60.2 Å². The molecule has 0 atom stereocenters. The molecule has 0 bridgehead atoms. The summed E-state index contributed by atoms with van der Waals surface area (Å²) in [6, 6.07) is 10.2. The van der Waals surface area contributed by atoms with E-state index in [-0.39, 0.29) is 0 Å². The molecule has 0 saturated carbocycles. The molecular weight excluding hydrogens is 184 g/mol. The Balaban J connectivity index is 1.81. The first kappa shape index (κ1) is 9.84. The molecule has 0 unspecified atom stereocenters. The van der Waals surface area contributed by atoms with Gasteiger partial charge in [0.2, 0.25) is 0 Å². The average molecular weight is 198 g/mol. The molecule has 0 saturated heterocycles. The van der Waals surface area contributed by atoms with E-state index in [9.17, 15) is 0 Å². The first-order valence-electron chi connectivity index (χ1n) is 5.24. The van der Waals surface area contributed by atoms with E-state index in [0.29, 0.717) is 0 Å². The van der Waals surface area contributed by atoms with Crippen molar-refractivity contribution in [1.82, 2.24) is 9.97 Å². The number of aryl methyl sites for hydroxylation is 2. The van der Waals surface area contributed by atoms with Crippen LogP contribution in [-0.2, 0) is 12.8 Å². The van der Waals surface area contributed by atoms with E-state index in [1.54, 1.807) is 0 Å². The number of hydrogen-bond donors (Lipinski definition) is 0. The molecule has 0 aromatic carbocycles. The Morgan fingerprint density at radius 2 is 1.93 bits per heavy atom. The summed E-state index contributed by atoms with van der Waals surface area (Å²) in [5.41, 5.74) is 2.47. The maximum Gasteiger partial charge on any atom is 0.0403 e. The second-order valence-electron chi connectivity index (χ2n) is 3.54. The monoisotopic (exact) mass is 198 g/mol. The Morgan fingerprint density at radius 3 is 2.67 bits per heavy atom. The fourth-order valence-corrected chi connectivity index (χ4v) is 1.57. The van der Waals surface area contributed by atoms with Crippen molar-refractivity contribution in [2.75, 3.05) is 0 Å². The first-order valence-corrected chi connectivity index (χ1v) is 5.24. The van der Waals surface area contributed by atoms with Gasteiger partial charge in [-0.05, 0) is 43.0 Å². The summed E-state index contributed by atoms with van der Waals surface area (Å²) in [6.07, 6.45) is 8.82. The molecule has 2 aromatic heterocycles. The number of nitrogens with zero attached hydrogens (tertiary/aromatic N) is 2. The van der Waals surface area contributed by atoms with E-state index in [0.717, 1.165) is 19.3 Å². The van der Waals surface area contributed by atoms with E-state index in [4.69, 9.17) is 0 Å². The van der Waals surface area contributed by atoms with Gasteiger partial charge in [-0.3, -0.25) is 9.97 Å². The van der Waals surface area contributed by atoms with Crippen molar-refractivity contribution in [2.24, 2.45) is 0 Å². The fourth-order valence-electron chi connectivity index (χ4n) is 1.57. The summed E-state index contributed by atoms with van der Waals surface area (Å²) < 4.78 is 0. The van der Waals surface area contributed by atoms with Crippen LogP contribution in [0.25, 0.3) is 0 Å². The largest absolute Gasteiger partial charge is 0.264 e. The number of rotatable bonds is 4. The molecule has 0 aliphatic carbocycles. The topological polar surface area (TPSA) is 25.8 Å². The van der Waals surface area contributed by atoms with E-state index >= 15 is 0 Å². The van der Waals surface area contributed by atoms with Crippen LogP contribution in [-0.4, -0.2) is 9.97 Å². The quantitative estimate of drug-likeness (QED) is 0.754. The molecule has 0 aliphatic heterocycles. The Morgan fingerprint density at radius 1 is 0.933 bits per heavy atom. The smallest absolute Gasteiger partial charge is 0.0403 e. The van der Waals surface area contributed by atoms with Gasteiger partial charge < -0.3 is 0 Å². The van der Waals surface area contributed by atoms with Gasteiger partial charge in [0.1, 0.15) is 0 Å². The summed E-state index contributed by atoms with van der Waals surface area (Å²) in [5.74, 6) is 0. The van der Waals surface area contributed by atoms with Crippen LogP contribution in [0.1, 0.15) is 17.7 Å². The number of pyridine rings is 2. The lowest BCUT2D eigenvalue weighted by atomic mass is 10.1. The van der Waals surface area contributed by atoms with Crippen LogP contribution in [0.4, 0.5) is 0 Å². The van der Waals surface area contributed by atoms with Crippen LogP contribution < -0.4 is 0 Å². The molecule has 2 nitrogen and oxygen atoms in total. The van der Waals surface area contributed by atoms with Crippen molar-refractivity contribution in [3.63, 3.8) is 0 Å². The Bertz CT molecular complexity index is 344. The van der Waals surface area contributed by atoms with Crippen molar-refractivity contribution in [1.29, 1.82) is 0 Å². The summed E-state index contributed by atoms with van der Waals surface area (Å²) in [7, 11) is 0. The van der Waals surface area contributed by atoms with Crippen LogP contribution in [0.5, 0.6) is 0 Å². The summed E-state index contributed by atoms with van der Waals surface area (Å²) in [5, 5.41) is 0. The minimum atomic E-state index is 1.04. The average Bonchev–Trinajstić information content (AvgIpc) is 2.32. The van der Waals surface area contributed by atoms with Gasteiger partial charge in [0, 0.05) is 24.3 Å². The summed E-state index contributed by atoms with van der Waals surface area (Å²) in [4.78, 5) is 8.39. The van der Waals surface area contributed by atoms with Crippen LogP contribution in [0.15, 0.2) is 48.9 Å². The zero-order valence-corrected chi connectivity index (χ0v) is 8.63. The molecule has 0 N–H and O–H groups in total. The lowest BCUT2D eigenvalue weighted by Crippen LogP contribution is -1.92. The second kappa shape index (κ2) is 5.25. The van der Waals surface area contributed by atoms with Gasteiger partial charge in [0.25, 0.3) is 0 Å². The molecule has 0 spiro atoms. The maximum absolute atomic E-state index is 4.29. The second-order valence-corrected chi connectivity index (χ2v) is 3.54. The van der Waals surface area contributed by atoms with Crippen molar-refractivity contribution < 1.29 is 0 Å². The molecule has 2 heterocycles. The SMILES string of the molecule is c1ccc(CCCc2cccnc2)nc1. The molecule has 2 rings (SSSR count). The molecule has 0 radical (unpaired) electrons. The highest BCUT2D eigenvalue weighted by Crippen LogP contribution is 2.04. The lowest BCUT2D eigenvalue weighted by molar-refractivity contribution is 0.796. The molecule has 0 aliphatic rings. The molecule has 2 aromatic rings. The predicted octanol–water partition coefficient (Wildman–Crippen LogP) is 2.65. The number of hydrogen-bond acceptors (Lipinski definition) is 2. The van der Waals surface area contributed by atoms with Gasteiger partial charge in [-0.25, -0.2) is 0 Å². The predicted molar refractivity (Wildman–Crippen MR) is 60.5 cm³/mol. The van der Waals surface area contributed by atoms with Gasteiger partial charge in [0.15, 0.2) is 0 Å². The zero-order valence-electron chi connectivity index (χ0n) is 8.63. The van der Waals surface area contributed by atoms with Crippen LogP contribution in [0.3, 0.4) is 0 Å². The minimum Gasteiger partial charge on any atom is -0.264 e. The van der Waals surface area contributed by atoms with Crippen molar-refractivity contribution >= 4 is 0 Å². The molecule has 0 fully saturated rings. The van der Waals surface area contributed by atoms with Gasteiger partial charge >= 0.3 is 0 Å². The van der Waals surface area contributed by atoms with E-state index in [2.05, 4.69) is 22.1 Å². The first-order chi connectivity index (χ1) is 7.45. The van der Waals surface area contributed by atoms with Crippen LogP contribution in [0.2, 0.25) is 0 Å². The Kier molecular flexibility index (Phi) is 3.44. The Labute approximate surface area is 90.0 Å². The molecule has 0 amide bonds. The summed E-state index contributed by atoms with van der Waals surface area (Å²) in [6.45, 7) is 0. The van der Waals surface area contributed by atoms with Gasteiger partial charge in [-0.2, -0.15) is 0 Å². The van der Waals surface area contributed by atoms with Gasteiger partial charge in [0.05, 0.1) is 0 Å². The fraction of sp³-hybridized carbons (Fsp3) is 0.231. The maximum atomic E-state index is 4.29. The lowest BCUT2D eigenvalue weighted by Gasteiger charge is -2.00. The molecular formula is C13H14N2. The third kappa shape index (κ3) is 3.17. The highest BCUT2D eigenvalue weighted by molar-refractivity contribution is 5.09. The molecule has 76 valence electrons. The van der Waals surface area contributed by atoms with Gasteiger partial charge in [-0.15, -0.1) is 0 Å². The van der Waals surface area contributed by atoms with Gasteiger partial charge in [-0.1, -0.05) is 12.1 Å². The normalized spacial score (nSPS) is 10.1. The van der Waals surface area contributed by atoms with E-state index in [1.165, 1.54) is 11.3 Å². The van der Waals surface area contributed by atoms with Crippen LogP contribution in [0, 0.1) is 0 Å². The third-order valence-corrected chi connectivity index (χ3v) is 2.35. The zero-order chi connectivity index (χ0) is 10.3. The van der Waals surface area contributed by atoms with E-state index < -0.39 is 0 Å². The van der Waals surface area contributed by atoms with Crippen molar-refractivity contribution in [2.45, 2.75) is 19.3 Å². The van der Waals surface area contributed by atoms with Crippen LogP contribution >= 0.6 is 0 Å². The standard InChI is InChI=1S/C13H14N2/c1-2-10-15-13(7-1)8-3-5-12-6-4-9-14-11-12/h1-2,4,6-7,9-11H,3,5,8H2. The Hall–Kier alpha value is -1.70. The number of aromatic nitrogens is 2. The highest BCUT2D eigenvalue weighted by Gasteiger charge is 1.95. The highest BCUT2D eigenvalue weighted by atomic mass is 14.7. The third-order valence-electron chi connectivity index (χ3n) is 2.35. The molecule has 2 heteroatoms. The van der Waals surface area contributed by atoms with E-state index in [1.807, 2.05) is 36.8 Å². The minimum absolute atomic E-state index is 1.04. The summed E-state index contributed by atoms with van der Waals surface area (Å²) >= 11 is 0. The molecule has 15 heavy (non-hydrogen) atoms. The van der Waals surface area contributed by atoms with Crippen molar-refractivity contribution in [3.8, 4) is 0 Å².